The molecule has 0 bridgehead atoms. The molecular formula is C28H35N9O2S2. The predicted molar refractivity (Wildman–Crippen MR) is 158 cm³/mol. The fraction of sp³-hybridized carbons (Fsp3) is 0.500. The maximum Gasteiger partial charge on any atom is 0.263 e. The Labute approximate surface area is 247 Å². The molecule has 1 aliphatic carbocycles. The first-order valence-corrected chi connectivity index (χ1v) is 15.3. The van der Waals surface area contributed by atoms with E-state index >= 15 is 0 Å². The molecule has 1 unspecified atom stereocenters. The smallest absolute Gasteiger partial charge is 0.263 e. The molecule has 0 aromatic carbocycles. The summed E-state index contributed by atoms with van der Waals surface area (Å²) < 4.78 is 0. The molecule has 0 radical (unpaired) electrons. The molecule has 13 heteroatoms. The van der Waals surface area contributed by atoms with Crippen molar-refractivity contribution in [3.05, 3.63) is 60.9 Å². The van der Waals surface area contributed by atoms with Crippen LogP contribution in [-0.2, 0) is 18.3 Å². The van der Waals surface area contributed by atoms with Crippen molar-refractivity contribution in [1.82, 2.24) is 40.6 Å². The van der Waals surface area contributed by atoms with Crippen LogP contribution in [0.3, 0.4) is 0 Å². The van der Waals surface area contributed by atoms with E-state index in [4.69, 9.17) is 0 Å². The Morgan fingerprint density at radius 3 is 2.27 bits per heavy atom. The van der Waals surface area contributed by atoms with E-state index in [0.29, 0.717) is 35.1 Å². The van der Waals surface area contributed by atoms with Gasteiger partial charge in [0.2, 0.25) is 0 Å². The molecule has 2 amide bonds. The van der Waals surface area contributed by atoms with Gasteiger partial charge in [-0.3, -0.25) is 9.59 Å². The van der Waals surface area contributed by atoms with Gasteiger partial charge in [0.15, 0.2) is 5.82 Å². The fourth-order valence-electron chi connectivity index (χ4n) is 5.83. The molecular weight excluding hydrogens is 559 g/mol. The second-order valence-corrected chi connectivity index (χ2v) is 13.2. The Morgan fingerprint density at radius 1 is 1.15 bits per heavy atom. The number of likely N-dealkylation sites (tertiary alicyclic amines) is 1. The number of aryl methyl sites for hydroxylation is 2. The van der Waals surface area contributed by atoms with Crippen LogP contribution in [0.2, 0.25) is 0 Å². The van der Waals surface area contributed by atoms with Crippen molar-refractivity contribution in [2.24, 2.45) is 0 Å². The van der Waals surface area contributed by atoms with Gasteiger partial charge in [0.1, 0.15) is 6.04 Å². The van der Waals surface area contributed by atoms with E-state index in [-0.39, 0.29) is 17.9 Å². The Bertz CT molecular complexity index is 1420. The Balaban J connectivity index is 1.55. The number of aromatic nitrogens is 4. The van der Waals surface area contributed by atoms with Crippen LogP contribution in [0.4, 0.5) is 0 Å². The number of carbonyl (C=O) groups excluding carboxylic acids is 2. The van der Waals surface area contributed by atoms with Crippen LogP contribution in [0.5, 0.6) is 0 Å². The first kappa shape index (κ1) is 28.9. The molecule has 4 heterocycles. The molecule has 216 valence electrons. The number of hydrogen-bond acceptors (Lipinski definition) is 10. The predicted octanol–water partition coefficient (Wildman–Crippen LogP) is 2.64. The van der Waals surface area contributed by atoms with Crippen LogP contribution in [0.1, 0.15) is 65.3 Å². The van der Waals surface area contributed by atoms with Gasteiger partial charge in [-0.25, -0.2) is 0 Å². The highest BCUT2D eigenvalue weighted by Crippen LogP contribution is 2.50. The minimum Gasteiger partial charge on any atom is -0.358 e. The largest absolute Gasteiger partial charge is 0.358 e. The zero-order valence-electron chi connectivity index (χ0n) is 23.9. The number of thiophene rings is 2. The third-order valence-corrected chi connectivity index (χ3v) is 10.3. The second-order valence-electron chi connectivity index (χ2n) is 10.9. The number of fused-ring (bicyclic) bond motifs is 2. The number of nitrogens with one attached hydrogen (secondary N) is 2. The Hall–Kier alpha value is -3.60. The van der Waals surface area contributed by atoms with Crippen LogP contribution < -0.4 is 5.32 Å². The highest BCUT2D eigenvalue weighted by molar-refractivity contribution is 7.15. The Morgan fingerprint density at radius 2 is 1.76 bits per heavy atom. The quantitative estimate of drug-likeness (QED) is 0.362. The van der Waals surface area contributed by atoms with Gasteiger partial charge >= 0.3 is 0 Å². The van der Waals surface area contributed by atoms with Crippen molar-refractivity contribution in [3.8, 4) is 6.07 Å². The lowest BCUT2D eigenvalue weighted by Gasteiger charge is -2.32. The average molecular weight is 594 g/mol. The number of nitrogens with zero attached hydrogens (tertiary/aromatic N) is 7. The average Bonchev–Trinajstić information content (AvgIpc) is 3.77. The van der Waals surface area contributed by atoms with Gasteiger partial charge < -0.3 is 20.0 Å². The van der Waals surface area contributed by atoms with Gasteiger partial charge in [-0.05, 0) is 61.9 Å². The van der Waals surface area contributed by atoms with Gasteiger partial charge in [-0.1, -0.05) is 11.8 Å². The lowest BCUT2D eigenvalue weighted by molar-refractivity contribution is 0.0825. The van der Waals surface area contributed by atoms with E-state index < -0.39 is 5.41 Å². The maximum absolute atomic E-state index is 13.1. The molecule has 2 N–H and O–H groups in total. The monoisotopic (exact) mass is 593 g/mol. The summed E-state index contributed by atoms with van der Waals surface area (Å²) in [6, 6.07) is 6.23. The van der Waals surface area contributed by atoms with E-state index in [1.165, 1.54) is 22.7 Å². The lowest BCUT2D eigenvalue weighted by Crippen LogP contribution is -2.37. The van der Waals surface area contributed by atoms with E-state index in [0.717, 1.165) is 58.8 Å². The summed E-state index contributed by atoms with van der Waals surface area (Å²) in [7, 11) is 7.02. The number of carbonyl (C=O) groups is 2. The summed E-state index contributed by atoms with van der Waals surface area (Å²) in [6.45, 7) is 6.21. The number of tetrazole rings is 1. The molecule has 0 spiro atoms. The number of aromatic amines is 1. The van der Waals surface area contributed by atoms with E-state index in [2.05, 4.69) is 43.5 Å². The van der Waals surface area contributed by atoms with Gasteiger partial charge in [-0.2, -0.15) is 10.5 Å². The summed E-state index contributed by atoms with van der Waals surface area (Å²) in [5.74, 6) is 0.410. The molecule has 11 nitrogen and oxygen atoms in total. The molecule has 1 aliphatic heterocycles. The first-order valence-electron chi connectivity index (χ1n) is 13.7. The topological polar surface area (TPSA) is 134 Å². The van der Waals surface area contributed by atoms with Gasteiger partial charge in [-0.15, -0.1) is 32.9 Å². The summed E-state index contributed by atoms with van der Waals surface area (Å²) >= 11 is 3.04. The molecule has 1 atom stereocenters. The summed E-state index contributed by atoms with van der Waals surface area (Å²) in [6.07, 6.45) is 3.92. The van der Waals surface area contributed by atoms with E-state index in [9.17, 15) is 14.9 Å². The minimum absolute atomic E-state index is 0.0498. The van der Waals surface area contributed by atoms with Gasteiger partial charge in [0, 0.05) is 56.7 Å². The molecule has 5 rings (SSSR count). The zero-order valence-corrected chi connectivity index (χ0v) is 25.5. The number of rotatable bonds is 9. The van der Waals surface area contributed by atoms with Crippen LogP contribution in [0, 0.1) is 11.3 Å². The summed E-state index contributed by atoms with van der Waals surface area (Å²) in [5.41, 5.74) is 2.04. The molecule has 0 saturated carbocycles. The van der Waals surface area contributed by atoms with Gasteiger partial charge in [0.25, 0.3) is 11.8 Å². The van der Waals surface area contributed by atoms with Crippen LogP contribution in [0.15, 0.2) is 24.4 Å². The lowest BCUT2D eigenvalue weighted by atomic mass is 9.71. The zero-order chi connectivity index (χ0) is 29.3. The van der Waals surface area contributed by atoms with Crippen molar-refractivity contribution in [2.75, 3.05) is 47.8 Å². The minimum atomic E-state index is -0.825. The van der Waals surface area contributed by atoms with Gasteiger partial charge in [0.05, 0.1) is 21.2 Å². The normalized spacial score (nSPS) is 17.3. The van der Waals surface area contributed by atoms with Crippen molar-refractivity contribution in [3.63, 3.8) is 0 Å². The van der Waals surface area contributed by atoms with Crippen molar-refractivity contribution < 1.29 is 9.59 Å². The molecule has 1 fully saturated rings. The second kappa shape index (κ2) is 11.7. The first-order chi connectivity index (χ1) is 19.7. The number of hydrogen-bond donors (Lipinski definition) is 2. The number of nitriles is 1. The molecule has 1 saturated heterocycles. The summed E-state index contributed by atoms with van der Waals surface area (Å²) in [5, 5.41) is 28.6. The molecule has 3 aromatic heterocycles. The molecule has 41 heavy (non-hydrogen) atoms. The highest BCUT2D eigenvalue weighted by Gasteiger charge is 2.47. The SMILES string of the molecule is C=C(CNCCC1(c2nn[nH]n2)c2cc(C(=O)N(C)C)sc2CCc2sc(C(=O)N(C)C)cc21)N1CCCC1C#N. The maximum atomic E-state index is 13.1. The van der Waals surface area contributed by atoms with Crippen molar-refractivity contribution in [1.29, 1.82) is 5.26 Å². The molecule has 2 aliphatic rings. The standard InChI is InChI=1S/C28H35N9O2S2/c1-17(37-12-6-7-18(37)15-29)16-30-11-10-28(27-31-33-34-32-27)19-13-23(25(38)35(2)3)40-21(19)8-9-22-20(28)14-24(41-22)26(39)36(4)5/h13-14,18,30H,1,6-12,16H2,2-5H3,(H,31,32,33,34). The van der Waals surface area contributed by atoms with Crippen LogP contribution >= 0.6 is 22.7 Å². The highest BCUT2D eigenvalue weighted by atomic mass is 32.1. The summed E-state index contributed by atoms with van der Waals surface area (Å²) in [4.78, 5) is 34.9. The fourth-order valence-corrected chi connectivity index (χ4v) is 8.35. The van der Waals surface area contributed by atoms with Crippen molar-refractivity contribution >= 4 is 34.5 Å². The van der Waals surface area contributed by atoms with Crippen LogP contribution in [-0.4, -0.2) is 101 Å². The van der Waals surface area contributed by atoms with E-state index in [1.54, 1.807) is 38.0 Å². The van der Waals surface area contributed by atoms with Crippen molar-refractivity contribution in [2.45, 2.75) is 43.6 Å². The molecule has 3 aromatic rings. The number of H-pyrrole nitrogens is 1. The Kier molecular flexibility index (Phi) is 8.26. The third-order valence-electron chi connectivity index (χ3n) is 7.89. The number of amides is 2. The van der Waals surface area contributed by atoms with E-state index in [1.807, 2.05) is 12.1 Å². The third kappa shape index (κ3) is 5.27. The van der Waals surface area contributed by atoms with Crippen LogP contribution in [0.25, 0.3) is 0 Å².